The van der Waals surface area contributed by atoms with E-state index in [2.05, 4.69) is 14.9 Å². The molecule has 1 unspecified atom stereocenters. The van der Waals surface area contributed by atoms with Crippen molar-refractivity contribution in [3.63, 3.8) is 0 Å². The van der Waals surface area contributed by atoms with Crippen molar-refractivity contribution in [2.45, 2.75) is 63.1 Å². The third-order valence-corrected chi connectivity index (χ3v) is 6.35. The van der Waals surface area contributed by atoms with Crippen LogP contribution in [0.4, 0.5) is 4.39 Å². The maximum atomic E-state index is 13.9. The van der Waals surface area contributed by atoms with Crippen molar-refractivity contribution < 1.29 is 9.13 Å². The molecule has 158 valence electrons. The van der Waals surface area contributed by atoms with E-state index in [0.717, 1.165) is 55.4 Å². The fourth-order valence-electron chi connectivity index (χ4n) is 3.56. The van der Waals surface area contributed by atoms with Gasteiger partial charge in [0.1, 0.15) is 11.4 Å². The lowest BCUT2D eigenvalue weighted by Crippen LogP contribution is -2.33. The van der Waals surface area contributed by atoms with Gasteiger partial charge in [0.15, 0.2) is 5.90 Å². The molecule has 3 rings (SSSR count). The van der Waals surface area contributed by atoms with Crippen LogP contribution in [0.15, 0.2) is 46.7 Å². The topological polar surface area (TPSA) is 37.2 Å². The van der Waals surface area contributed by atoms with Gasteiger partial charge < -0.3 is 4.74 Å². The molecule has 2 aliphatic rings. The normalized spacial score (nSPS) is 21.2. The van der Waals surface area contributed by atoms with Gasteiger partial charge >= 0.3 is 0 Å². The summed E-state index contributed by atoms with van der Waals surface area (Å²) >= 11 is 1.89. The van der Waals surface area contributed by atoms with Gasteiger partial charge in [0.25, 0.3) is 0 Å². The molecule has 0 bridgehead atoms. The van der Waals surface area contributed by atoms with Crippen LogP contribution in [0.3, 0.4) is 0 Å². The lowest BCUT2D eigenvalue weighted by Gasteiger charge is -2.24. The molecule has 2 heterocycles. The molecule has 0 spiro atoms. The number of hydrogen-bond donors (Lipinski definition) is 0. The summed E-state index contributed by atoms with van der Waals surface area (Å²) in [4.78, 5) is 11.5. The Kier molecular flexibility index (Phi) is 7.90. The number of thioether (sulfide) groups is 1. The van der Waals surface area contributed by atoms with Crippen LogP contribution in [0.5, 0.6) is 0 Å². The second-order valence-corrected chi connectivity index (χ2v) is 9.93. The number of halogens is 1. The van der Waals surface area contributed by atoms with Gasteiger partial charge in [0.2, 0.25) is 0 Å². The number of likely N-dealkylation sites (tertiary alicyclic amines) is 1. The second-order valence-electron chi connectivity index (χ2n) is 8.64. The molecule has 6 heteroatoms. The predicted molar refractivity (Wildman–Crippen MR) is 121 cm³/mol. The predicted octanol–water partition coefficient (Wildman–Crippen LogP) is 5.44. The third kappa shape index (κ3) is 7.59. The van der Waals surface area contributed by atoms with Crippen LogP contribution in [0.25, 0.3) is 0 Å². The van der Waals surface area contributed by atoms with Gasteiger partial charge in [-0.05, 0) is 64.8 Å². The minimum Gasteiger partial charge on any atom is -0.475 e. The molecule has 0 N–H and O–H groups in total. The van der Waals surface area contributed by atoms with Crippen molar-refractivity contribution in [1.29, 1.82) is 0 Å². The molecule has 0 aliphatic carbocycles. The van der Waals surface area contributed by atoms with E-state index in [1.54, 1.807) is 24.5 Å². The van der Waals surface area contributed by atoms with E-state index < -0.39 is 0 Å². The van der Waals surface area contributed by atoms with Gasteiger partial charge in [-0.1, -0.05) is 18.2 Å². The maximum Gasteiger partial charge on any atom is 0.194 e. The molecule has 29 heavy (non-hydrogen) atoms. The molecule has 0 amide bonds. The summed E-state index contributed by atoms with van der Waals surface area (Å²) in [5.41, 5.74) is 1.65. The highest BCUT2D eigenvalue weighted by atomic mass is 32.2. The highest BCUT2D eigenvalue weighted by Gasteiger charge is 2.21. The molecule has 1 saturated heterocycles. The van der Waals surface area contributed by atoms with Crippen molar-refractivity contribution in [1.82, 2.24) is 4.90 Å². The largest absolute Gasteiger partial charge is 0.475 e. The highest BCUT2D eigenvalue weighted by Crippen LogP contribution is 2.27. The Morgan fingerprint density at radius 2 is 1.93 bits per heavy atom. The number of nitrogens with zero attached hydrogens (tertiary/aromatic N) is 3. The van der Waals surface area contributed by atoms with E-state index >= 15 is 0 Å². The summed E-state index contributed by atoms with van der Waals surface area (Å²) in [6, 6.07) is 7.10. The number of benzene rings is 1. The first kappa shape index (κ1) is 22.0. The Bertz CT molecular complexity index is 770. The highest BCUT2D eigenvalue weighted by molar-refractivity contribution is 7.99. The number of hydrogen-bond acceptors (Lipinski definition) is 5. The number of aliphatic imine (C=N–C) groups is 2. The Labute approximate surface area is 178 Å². The second kappa shape index (κ2) is 10.4. The average molecular weight is 418 g/mol. The Hall–Kier alpha value is -1.66. The van der Waals surface area contributed by atoms with E-state index in [1.165, 1.54) is 6.42 Å². The first-order chi connectivity index (χ1) is 13.9. The number of ether oxygens (including phenoxy) is 1. The Morgan fingerprint density at radius 3 is 2.72 bits per heavy atom. The molecule has 2 aliphatic heterocycles. The molecule has 1 aromatic rings. The molecular formula is C23H32FN3OS. The van der Waals surface area contributed by atoms with Crippen molar-refractivity contribution in [3.8, 4) is 0 Å². The van der Waals surface area contributed by atoms with Crippen LogP contribution in [-0.2, 0) is 10.5 Å². The standard InChI is InChI=1S/C23H32FN3OS/c1-23(2,3)28-22-15-19(25-11-12-26-22)16-27-13-6-8-20(10-14-27)29-17-18-7-4-5-9-21(18)24/h4-5,7,9,11-12,20H,6,8,10,13-17H2,1-3H3. The summed E-state index contributed by atoms with van der Waals surface area (Å²) in [6.07, 6.45) is 7.61. The van der Waals surface area contributed by atoms with Gasteiger partial charge in [0, 0.05) is 35.7 Å². The van der Waals surface area contributed by atoms with Crippen LogP contribution in [0, 0.1) is 5.82 Å². The lowest BCUT2D eigenvalue weighted by atomic mass is 10.2. The van der Waals surface area contributed by atoms with E-state index in [1.807, 2.05) is 44.7 Å². The third-order valence-electron chi connectivity index (χ3n) is 4.93. The lowest BCUT2D eigenvalue weighted by molar-refractivity contribution is 0.114. The first-order valence-electron chi connectivity index (χ1n) is 10.4. The van der Waals surface area contributed by atoms with Crippen molar-refractivity contribution >= 4 is 23.4 Å². The van der Waals surface area contributed by atoms with Crippen LogP contribution in [0.1, 0.15) is 52.0 Å². The Morgan fingerprint density at radius 1 is 1.14 bits per heavy atom. The minimum atomic E-state index is -0.257. The summed E-state index contributed by atoms with van der Waals surface area (Å²) < 4.78 is 19.8. The Balaban J connectivity index is 1.48. The zero-order valence-electron chi connectivity index (χ0n) is 17.7. The van der Waals surface area contributed by atoms with Gasteiger partial charge in [-0.15, -0.1) is 0 Å². The van der Waals surface area contributed by atoms with Gasteiger partial charge in [0.05, 0.1) is 6.42 Å². The zero-order chi connectivity index (χ0) is 20.7. The van der Waals surface area contributed by atoms with Crippen molar-refractivity contribution in [3.05, 3.63) is 48.0 Å². The van der Waals surface area contributed by atoms with Crippen LogP contribution in [-0.4, -0.2) is 47.0 Å². The summed E-state index contributed by atoms with van der Waals surface area (Å²) in [5, 5.41) is 0.580. The zero-order valence-corrected chi connectivity index (χ0v) is 18.6. The quantitative estimate of drug-likeness (QED) is 0.640. The molecule has 0 radical (unpaired) electrons. The molecular weight excluding hydrogens is 385 g/mol. The maximum absolute atomic E-state index is 13.9. The molecule has 0 saturated carbocycles. The monoisotopic (exact) mass is 417 g/mol. The van der Waals surface area contributed by atoms with Gasteiger partial charge in [-0.2, -0.15) is 11.8 Å². The van der Waals surface area contributed by atoms with Gasteiger partial charge in [-0.25, -0.2) is 9.38 Å². The molecule has 1 atom stereocenters. The van der Waals surface area contributed by atoms with Crippen LogP contribution in [0.2, 0.25) is 0 Å². The van der Waals surface area contributed by atoms with E-state index in [9.17, 15) is 4.39 Å². The number of rotatable bonds is 5. The van der Waals surface area contributed by atoms with Crippen LogP contribution < -0.4 is 0 Å². The fourth-order valence-corrected chi connectivity index (χ4v) is 4.82. The smallest absolute Gasteiger partial charge is 0.194 e. The van der Waals surface area contributed by atoms with E-state index in [4.69, 9.17) is 4.74 Å². The molecule has 1 aromatic carbocycles. The van der Waals surface area contributed by atoms with E-state index in [-0.39, 0.29) is 11.4 Å². The SMILES string of the molecule is CC(C)(C)OC1=NC=CN=C(CN2CCCC(SCc3ccccc3F)CC2)C1. The first-order valence-corrected chi connectivity index (χ1v) is 11.5. The van der Waals surface area contributed by atoms with Crippen molar-refractivity contribution in [2.75, 3.05) is 19.6 Å². The molecule has 1 fully saturated rings. The average Bonchev–Trinajstić information content (AvgIpc) is 3.00. The fraction of sp³-hybridized carbons (Fsp3) is 0.565. The van der Waals surface area contributed by atoms with Crippen molar-refractivity contribution in [2.24, 2.45) is 9.98 Å². The van der Waals surface area contributed by atoms with Gasteiger partial charge in [-0.3, -0.25) is 9.89 Å². The van der Waals surface area contributed by atoms with E-state index in [0.29, 0.717) is 11.7 Å². The van der Waals surface area contributed by atoms with Crippen LogP contribution >= 0.6 is 11.8 Å². The minimum absolute atomic E-state index is 0.0929. The molecule has 0 aromatic heterocycles. The summed E-state index contributed by atoms with van der Waals surface area (Å²) in [7, 11) is 0. The summed E-state index contributed by atoms with van der Waals surface area (Å²) in [6.45, 7) is 9.08. The summed E-state index contributed by atoms with van der Waals surface area (Å²) in [5.74, 6) is 1.39. The molecule has 4 nitrogen and oxygen atoms in total.